The largest absolute Gasteiger partial charge is 0.451 e. The third kappa shape index (κ3) is 2.05. The van der Waals surface area contributed by atoms with Crippen LogP contribution in [0.2, 0.25) is 0 Å². The number of Topliss-reactive ketones (excluding diaryl/α,β-unsaturated/α-hetero) is 1. The third-order valence-electron chi connectivity index (χ3n) is 10.1. The second-order valence-corrected chi connectivity index (χ2v) is 10.9. The van der Waals surface area contributed by atoms with Crippen LogP contribution in [0.3, 0.4) is 0 Å². The molecule has 1 saturated heterocycles. The molecule has 6 unspecified atom stereocenters. The van der Waals surface area contributed by atoms with E-state index < -0.39 is 5.60 Å². The average molecular weight is 391 g/mol. The molecule has 5 heteroatoms. The molecule has 0 aromatic rings. The number of rotatable bonds is 2. The van der Waals surface area contributed by atoms with Crippen LogP contribution < -0.4 is 0 Å². The molecule has 5 fully saturated rings. The van der Waals surface area contributed by atoms with Crippen LogP contribution >= 0.6 is 0 Å². The maximum atomic E-state index is 12.8. The topological polar surface area (TPSA) is 76.1 Å². The predicted octanol–water partition coefficient (Wildman–Crippen LogP) is 3.41. The van der Waals surface area contributed by atoms with Crippen LogP contribution in [0.4, 0.5) is 0 Å². The SMILES string of the molecule is CC(=O)O[C@]1(C(C)=O)CCC2C3C[C@@H]4O[C@@]45CC(O)CCC5(C)C3CCC21C. The highest BCUT2D eigenvalue weighted by Gasteiger charge is 2.77. The number of ether oxygens (including phenoxy) is 2. The molecule has 5 aliphatic rings. The number of ketones is 1. The Labute approximate surface area is 167 Å². The molecular formula is C23H34O5. The standard InChI is InChI=1S/C23H34O5/c1-13(24)22(27-14(2)25)10-7-18-16-11-19-23(28-19)12-15(26)5-8-21(23,4)17(16)6-9-20(18,22)3/h15-19,26H,5-12H2,1-4H3/t15?,16?,17?,18?,19-,20?,21?,22-,23-/m0/s1. The van der Waals surface area contributed by atoms with Crippen LogP contribution in [0.5, 0.6) is 0 Å². The summed E-state index contributed by atoms with van der Waals surface area (Å²) in [5.74, 6) is 1.13. The maximum absolute atomic E-state index is 12.8. The van der Waals surface area contributed by atoms with E-state index in [-0.39, 0.29) is 40.4 Å². The molecular weight excluding hydrogens is 356 g/mol. The lowest BCUT2D eigenvalue weighted by atomic mass is 9.44. The van der Waals surface area contributed by atoms with Gasteiger partial charge in [-0.3, -0.25) is 9.59 Å². The molecule has 5 rings (SSSR count). The van der Waals surface area contributed by atoms with Gasteiger partial charge in [-0.2, -0.15) is 0 Å². The van der Waals surface area contributed by atoms with Crippen molar-refractivity contribution in [3.63, 3.8) is 0 Å². The highest BCUT2D eigenvalue weighted by molar-refractivity contribution is 5.89. The Morgan fingerprint density at radius 1 is 1.00 bits per heavy atom. The highest BCUT2D eigenvalue weighted by atomic mass is 16.6. The zero-order valence-electron chi connectivity index (χ0n) is 17.6. The Bertz CT molecular complexity index is 735. The van der Waals surface area contributed by atoms with Crippen molar-refractivity contribution in [3.05, 3.63) is 0 Å². The fourth-order valence-electron chi connectivity index (χ4n) is 8.72. The lowest BCUT2D eigenvalue weighted by molar-refractivity contribution is -0.190. The highest BCUT2D eigenvalue weighted by Crippen LogP contribution is 2.74. The van der Waals surface area contributed by atoms with E-state index in [1.54, 1.807) is 6.92 Å². The Morgan fingerprint density at radius 3 is 2.32 bits per heavy atom. The van der Waals surface area contributed by atoms with Crippen molar-refractivity contribution in [2.45, 2.75) is 102 Å². The van der Waals surface area contributed by atoms with Gasteiger partial charge in [0.1, 0.15) is 5.60 Å². The van der Waals surface area contributed by atoms with Crippen LogP contribution in [-0.4, -0.2) is 40.3 Å². The third-order valence-corrected chi connectivity index (χ3v) is 10.1. The van der Waals surface area contributed by atoms with Gasteiger partial charge in [-0.05, 0) is 69.6 Å². The van der Waals surface area contributed by atoms with Gasteiger partial charge >= 0.3 is 5.97 Å². The average Bonchev–Trinajstić information content (AvgIpc) is 3.21. The maximum Gasteiger partial charge on any atom is 0.303 e. The summed E-state index contributed by atoms with van der Waals surface area (Å²) >= 11 is 0. The van der Waals surface area contributed by atoms with Crippen molar-refractivity contribution in [3.8, 4) is 0 Å². The molecule has 0 bridgehead atoms. The number of carbonyl (C=O) groups excluding carboxylic acids is 2. The van der Waals surface area contributed by atoms with Crippen LogP contribution in [0.1, 0.15) is 79.1 Å². The molecule has 156 valence electrons. The Morgan fingerprint density at radius 2 is 1.64 bits per heavy atom. The van der Waals surface area contributed by atoms with Gasteiger partial charge in [0, 0.05) is 24.2 Å². The number of hydrogen-bond acceptors (Lipinski definition) is 5. The number of aliphatic hydroxyl groups is 1. The molecule has 0 aromatic carbocycles. The van der Waals surface area contributed by atoms with E-state index in [4.69, 9.17) is 9.47 Å². The molecule has 1 spiro atoms. The first-order valence-corrected chi connectivity index (χ1v) is 11.2. The first-order valence-electron chi connectivity index (χ1n) is 11.2. The van der Waals surface area contributed by atoms with Gasteiger partial charge in [0.15, 0.2) is 11.4 Å². The van der Waals surface area contributed by atoms with Gasteiger partial charge in [0.25, 0.3) is 0 Å². The number of carbonyl (C=O) groups is 2. The minimum Gasteiger partial charge on any atom is -0.451 e. The van der Waals surface area contributed by atoms with E-state index in [1.807, 2.05) is 0 Å². The molecule has 1 heterocycles. The zero-order chi connectivity index (χ0) is 20.1. The van der Waals surface area contributed by atoms with Crippen LogP contribution in [0, 0.1) is 28.6 Å². The summed E-state index contributed by atoms with van der Waals surface area (Å²) in [6.45, 7) is 7.63. The molecule has 0 aromatic heterocycles. The molecule has 5 nitrogen and oxygen atoms in total. The Kier molecular flexibility index (Phi) is 3.81. The normalized spacial score (nSPS) is 56.7. The summed E-state index contributed by atoms with van der Waals surface area (Å²) in [5, 5.41) is 10.3. The quantitative estimate of drug-likeness (QED) is 0.578. The second-order valence-electron chi connectivity index (χ2n) is 10.9. The summed E-state index contributed by atoms with van der Waals surface area (Å²) in [6.07, 6.45) is 7.29. The van der Waals surface area contributed by atoms with E-state index in [9.17, 15) is 14.7 Å². The van der Waals surface area contributed by atoms with Gasteiger partial charge < -0.3 is 14.6 Å². The molecule has 0 radical (unpaired) electrons. The van der Waals surface area contributed by atoms with Crippen molar-refractivity contribution >= 4 is 11.8 Å². The Hall–Kier alpha value is -0.940. The monoisotopic (exact) mass is 390 g/mol. The lowest BCUT2D eigenvalue weighted by Gasteiger charge is -2.60. The van der Waals surface area contributed by atoms with Crippen molar-refractivity contribution in [1.29, 1.82) is 0 Å². The number of hydrogen-bond donors (Lipinski definition) is 1. The second kappa shape index (κ2) is 5.60. The molecule has 4 saturated carbocycles. The van der Waals surface area contributed by atoms with E-state index in [1.165, 1.54) is 6.92 Å². The minimum atomic E-state index is -0.961. The van der Waals surface area contributed by atoms with E-state index in [0.717, 1.165) is 44.9 Å². The summed E-state index contributed by atoms with van der Waals surface area (Å²) in [6, 6.07) is 0. The summed E-state index contributed by atoms with van der Waals surface area (Å²) in [4.78, 5) is 24.7. The molecule has 4 aliphatic carbocycles. The van der Waals surface area contributed by atoms with E-state index in [2.05, 4.69) is 13.8 Å². The first-order chi connectivity index (χ1) is 13.1. The number of esters is 1. The zero-order valence-corrected chi connectivity index (χ0v) is 17.6. The van der Waals surface area contributed by atoms with Crippen LogP contribution in [-0.2, 0) is 19.1 Å². The van der Waals surface area contributed by atoms with Crippen molar-refractivity contribution < 1.29 is 24.2 Å². The fraction of sp³-hybridized carbons (Fsp3) is 0.913. The molecule has 0 amide bonds. The van der Waals surface area contributed by atoms with Crippen molar-refractivity contribution in [1.82, 2.24) is 0 Å². The number of fused-ring (bicyclic) bond motifs is 4. The number of epoxide rings is 1. The molecule has 1 aliphatic heterocycles. The Balaban J connectivity index is 1.51. The van der Waals surface area contributed by atoms with Gasteiger partial charge in [0.05, 0.1) is 12.2 Å². The van der Waals surface area contributed by atoms with Crippen molar-refractivity contribution in [2.75, 3.05) is 0 Å². The van der Waals surface area contributed by atoms with E-state index in [0.29, 0.717) is 24.2 Å². The smallest absolute Gasteiger partial charge is 0.303 e. The molecule has 1 N–H and O–H groups in total. The minimum absolute atomic E-state index is 0.00554. The van der Waals surface area contributed by atoms with E-state index >= 15 is 0 Å². The summed E-state index contributed by atoms with van der Waals surface area (Å²) in [5.41, 5.74) is -1.25. The lowest BCUT2D eigenvalue weighted by Crippen LogP contribution is -2.61. The summed E-state index contributed by atoms with van der Waals surface area (Å²) in [7, 11) is 0. The van der Waals surface area contributed by atoms with Crippen LogP contribution in [0.15, 0.2) is 0 Å². The van der Waals surface area contributed by atoms with Gasteiger partial charge in [-0.1, -0.05) is 13.8 Å². The fourth-order valence-corrected chi connectivity index (χ4v) is 8.72. The predicted molar refractivity (Wildman–Crippen MR) is 102 cm³/mol. The van der Waals surface area contributed by atoms with Crippen LogP contribution in [0.25, 0.3) is 0 Å². The van der Waals surface area contributed by atoms with Gasteiger partial charge in [-0.15, -0.1) is 0 Å². The van der Waals surface area contributed by atoms with Gasteiger partial charge in [0.2, 0.25) is 0 Å². The molecule has 28 heavy (non-hydrogen) atoms. The summed E-state index contributed by atoms with van der Waals surface area (Å²) < 4.78 is 12.2. The molecule has 9 atom stereocenters. The van der Waals surface area contributed by atoms with Gasteiger partial charge in [-0.25, -0.2) is 0 Å². The first kappa shape index (κ1) is 19.0. The van der Waals surface area contributed by atoms with Crippen molar-refractivity contribution in [2.24, 2.45) is 28.6 Å². The number of aliphatic hydroxyl groups excluding tert-OH is 1.